The van der Waals surface area contributed by atoms with Crippen LogP contribution in [0.15, 0.2) is 30.9 Å². The number of esters is 1. The highest BCUT2D eigenvalue weighted by Crippen LogP contribution is 2.32. The third-order valence-electron chi connectivity index (χ3n) is 3.35. The van der Waals surface area contributed by atoms with Gasteiger partial charge in [-0.1, -0.05) is 13.0 Å². The van der Waals surface area contributed by atoms with Crippen molar-refractivity contribution in [1.82, 2.24) is 4.90 Å². The Morgan fingerprint density at radius 2 is 2.14 bits per heavy atom. The van der Waals surface area contributed by atoms with Gasteiger partial charge in [0.25, 0.3) is 5.91 Å². The Hall–Kier alpha value is -2.50. The van der Waals surface area contributed by atoms with Crippen molar-refractivity contribution in [1.29, 1.82) is 0 Å². The molecule has 6 nitrogen and oxygen atoms in total. The maximum atomic E-state index is 12.6. The number of ether oxygens (including phenoxy) is 3. The van der Waals surface area contributed by atoms with Gasteiger partial charge < -0.3 is 19.1 Å². The number of amides is 1. The fourth-order valence-corrected chi connectivity index (χ4v) is 2.21. The highest BCUT2D eigenvalue weighted by molar-refractivity contribution is 5.95. The second kappa shape index (κ2) is 6.98. The molecule has 0 fully saturated rings. The van der Waals surface area contributed by atoms with E-state index in [9.17, 15) is 9.59 Å². The van der Waals surface area contributed by atoms with E-state index in [1.807, 2.05) is 0 Å². The quantitative estimate of drug-likeness (QED) is 0.593. The van der Waals surface area contributed by atoms with Crippen molar-refractivity contribution in [3.63, 3.8) is 0 Å². The van der Waals surface area contributed by atoms with Crippen molar-refractivity contribution in [2.75, 3.05) is 27.0 Å². The number of nitrogens with zero attached hydrogens (tertiary/aromatic N) is 1. The van der Waals surface area contributed by atoms with Crippen LogP contribution < -0.4 is 9.47 Å². The normalized spacial score (nSPS) is 13.4. The van der Waals surface area contributed by atoms with Gasteiger partial charge >= 0.3 is 5.97 Å². The molecule has 22 heavy (non-hydrogen) atoms. The van der Waals surface area contributed by atoms with Crippen LogP contribution in [-0.4, -0.2) is 43.8 Å². The Morgan fingerprint density at radius 3 is 2.82 bits per heavy atom. The van der Waals surface area contributed by atoms with Crippen molar-refractivity contribution >= 4 is 11.9 Å². The topological polar surface area (TPSA) is 65.1 Å². The minimum atomic E-state index is -0.414. The molecule has 1 unspecified atom stereocenters. The summed E-state index contributed by atoms with van der Waals surface area (Å²) >= 11 is 0. The van der Waals surface area contributed by atoms with Crippen LogP contribution in [0, 0.1) is 5.92 Å². The van der Waals surface area contributed by atoms with Gasteiger partial charge in [0, 0.05) is 18.7 Å². The summed E-state index contributed by atoms with van der Waals surface area (Å²) in [5.41, 5.74) is 0.475. The second-order valence-electron chi connectivity index (χ2n) is 4.99. The molecule has 0 N–H and O–H groups in total. The van der Waals surface area contributed by atoms with Gasteiger partial charge in [0.15, 0.2) is 11.5 Å². The molecule has 1 aliphatic rings. The zero-order valence-electron chi connectivity index (χ0n) is 12.7. The lowest BCUT2D eigenvalue weighted by Crippen LogP contribution is -2.37. The van der Waals surface area contributed by atoms with Crippen molar-refractivity contribution in [3.05, 3.63) is 36.4 Å². The minimum absolute atomic E-state index is 0.155. The average molecular weight is 305 g/mol. The van der Waals surface area contributed by atoms with E-state index < -0.39 is 5.92 Å². The van der Waals surface area contributed by atoms with Crippen molar-refractivity contribution in [3.8, 4) is 11.5 Å². The lowest BCUT2D eigenvalue weighted by Gasteiger charge is -2.24. The number of rotatable bonds is 6. The highest BCUT2D eigenvalue weighted by Gasteiger charge is 2.23. The molecule has 1 aromatic rings. The van der Waals surface area contributed by atoms with Crippen LogP contribution in [0.4, 0.5) is 0 Å². The number of hydrogen-bond donors (Lipinski definition) is 0. The molecule has 0 saturated heterocycles. The highest BCUT2D eigenvalue weighted by atomic mass is 16.7. The first-order chi connectivity index (χ1) is 10.6. The molecule has 6 heteroatoms. The first-order valence-electron chi connectivity index (χ1n) is 6.94. The molecule has 118 valence electrons. The summed E-state index contributed by atoms with van der Waals surface area (Å²) in [6.45, 7) is 6.12. The number of fused-ring (bicyclic) bond motifs is 1. The fraction of sp³-hybridized carbons (Fsp3) is 0.375. The van der Waals surface area contributed by atoms with E-state index in [4.69, 9.17) is 14.2 Å². The molecule has 0 bridgehead atoms. The van der Waals surface area contributed by atoms with E-state index in [0.717, 1.165) is 0 Å². The monoisotopic (exact) mass is 305 g/mol. The van der Waals surface area contributed by atoms with Gasteiger partial charge in [0.1, 0.15) is 0 Å². The molecule has 2 rings (SSSR count). The number of methoxy groups -OCH3 is 1. The largest absolute Gasteiger partial charge is 0.469 e. The minimum Gasteiger partial charge on any atom is -0.469 e. The van der Waals surface area contributed by atoms with Gasteiger partial charge in [-0.25, -0.2) is 0 Å². The van der Waals surface area contributed by atoms with Crippen molar-refractivity contribution in [2.24, 2.45) is 5.92 Å². The van der Waals surface area contributed by atoms with Gasteiger partial charge in [-0.3, -0.25) is 9.59 Å². The average Bonchev–Trinajstić information content (AvgIpc) is 3.00. The fourth-order valence-electron chi connectivity index (χ4n) is 2.21. The molecular weight excluding hydrogens is 286 g/mol. The van der Waals surface area contributed by atoms with E-state index >= 15 is 0 Å². The van der Waals surface area contributed by atoms with Crippen LogP contribution in [0.3, 0.4) is 0 Å². The maximum absolute atomic E-state index is 12.6. The van der Waals surface area contributed by atoms with Crippen LogP contribution >= 0.6 is 0 Å². The van der Waals surface area contributed by atoms with Gasteiger partial charge in [-0.2, -0.15) is 0 Å². The Labute approximate surface area is 129 Å². The van der Waals surface area contributed by atoms with Crippen LogP contribution in [0.2, 0.25) is 0 Å². The second-order valence-corrected chi connectivity index (χ2v) is 4.99. The zero-order valence-corrected chi connectivity index (χ0v) is 12.7. The van der Waals surface area contributed by atoms with Crippen molar-refractivity contribution in [2.45, 2.75) is 6.92 Å². The summed E-state index contributed by atoms with van der Waals surface area (Å²) in [5.74, 6) is 0.199. The van der Waals surface area contributed by atoms with Crippen molar-refractivity contribution < 1.29 is 23.8 Å². The molecule has 1 amide bonds. The van der Waals surface area contributed by atoms with E-state index in [1.165, 1.54) is 7.11 Å². The molecule has 0 aliphatic carbocycles. The Kier molecular flexibility index (Phi) is 5.04. The first-order valence-corrected chi connectivity index (χ1v) is 6.94. The van der Waals surface area contributed by atoms with Crippen LogP contribution in [-0.2, 0) is 9.53 Å². The predicted molar refractivity (Wildman–Crippen MR) is 79.8 cm³/mol. The summed E-state index contributed by atoms with van der Waals surface area (Å²) in [4.78, 5) is 25.7. The van der Waals surface area contributed by atoms with E-state index in [-0.39, 0.29) is 25.2 Å². The van der Waals surface area contributed by atoms with E-state index in [2.05, 4.69) is 6.58 Å². The summed E-state index contributed by atoms with van der Waals surface area (Å²) in [6, 6.07) is 5.02. The third-order valence-corrected chi connectivity index (χ3v) is 3.35. The van der Waals surface area contributed by atoms with Gasteiger partial charge in [-0.15, -0.1) is 6.58 Å². The standard InChI is InChI=1S/C16H19NO5/c1-4-7-17(9-11(2)16(19)20-3)15(18)12-5-6-13-14(8-12)22-10-21-13/h4-6,8,11H,1,7,9-10H2,2-3H3. The summed E-state index contributed by atoms with van der Waals surface area (Å²) in [5, 5.41) is 0. The molecule has 0 radical (unpaired) electrons. The van der Waals surface area contributed by atoms with Gasteiger partial charge in [-0.05, 0) is 18.2 Å². The lowest BCUT2D eigenvalue weighted by atomic mass is 10.1. The summed E-state index contributed by atoms with van der Waals surface area (Å²) in [7, 11) is 1.33. The SMILES string of the molecule is C=CCN(CC(C)C(=O)OC)C(=O)c1ccc2c(c1)OCO2. The Morgan fingerprint density at radius 1 is 1.41 bits per heavy atom. The zero-order chi connectivity index (χ0) is 16.1. The Bertz CT molecular complexity index is 584. The maximum Gasteiger partial charge on any atom is 0.310 e. The summed E-state index contributed by atoms with van der Waals surface area (Å²) < 4.78 is 15.2. The molecule has 0 spiro atoms. The predicted octanol–water partition coefficient (Wildman–Crippen LogP) is 1.85. The van der Waals surface area contributed by atoms with Gasteiger partial charge in [0.05, 0.1) is 13.0 Å². The summed E-state index contributed by atoms with van der Waals surface area (Å²) in [6.07, 6.45) is 1.62. The molecular formula is C16H19NO5. The van der Waals surface area contributed by atoms with E-state index in [1.54, 1.807) is 36.1 Å². The molecule has 1 heterocycles. The van der Waals surface area contributed by atoms with Gasteiger partial charge in [0.2, 0.25) is 6.79 Å². The van der Waals surface area contributed by atoms with Crippen LogP contribution in [0.25, 0.3) is 0 Å². The first kappa shape index (κ1) is 15.9. The molecule has 1 aliphatic heterocycles. The molecule has 1 aromatic carbocycles. The van der Waals surface area contributed by atoms with Crippen LogP contribution in [0.5, 0.6) is 11.5 Å². The lowest BCUT2D eigenvalue weighted by molar-refractivity contribution is -0.145. The third kappa shape index (κ3) is 3.39. The molecule has 0 aromatic heterocycles. The number of hydrogen-bond acceptors (Lipinski definition) is 5. The number of benzene rings is 1. The molecule has 1 atom stereocenters. The number of carbonyl (C=O) groups is 2. The Balaban J connectivity index is 2.15. The van der Waals surface area contributed by atoms with Crippen LogP contribution in [0.1, 0.15) is 17.3 Å². The molecule has 0 saturated carbocycles. The number of carbonyl (C=O) groups excluding carboxylic acids is 2. The van der Waals surface area contributed by atoms with E-state index in [0.29, 0.717) is 23.6 Å². The smallest absolute Gasteiger partial charge is 0.310 e.